The van der Waals surface area contributed by atoms with E-state index in [-0.39, 0.29) is 26.1 Å². The maximum atomic E-state index is 12.6. The molecule has 2 rings (SSSR count). The Balaban J connectivity index is 1.84. The molecule has 0 aliphatic carbocycles. The summed E-state index contributed by atoms with van der Waals surface area (Å²) in [5.41, 5.74) is 0. The number of hydrogen-bond acceptors (Lipinski definition) is 15. The Morgan fingerprint density at radius 3 is 1.68 bits per heavy atom. The molecule has 0 amide bonds. The van der Waals surface area contributed by atoms with Crippen LogP contribution >= 0.6 is 0 Å². The molecule has 0 aromatic rings. The zero-order valence-corrected chi connectivity index (χ0v) is 27.8. The predicted molar refractivity (Wildman–Crippen MR) is 165 cm³/mol. The summed E-state index contributed by atoms with van der Waals surface area (Å²) in [4.78, 5) is 24.3. The first kappa shape index (κ1) is 41.7. The van der Waals surface area contributed by atoms with Crippen molar-refractivity contribution in [2.24, 2.45) is 0 Å². The standard InChI is InChI=1S/C32H58O15/c1-3-5-6-7-8-9-10-11-12-13-14-15-24(35)45-20(17-42-23(34)4-2)18-43-31-30(41)28(39)26(37)22(47-31)19-44-32-29(40)27(38)25(36)21(16-33)46-32/h20-22,25-33,36-41H,3-19H2,1-2H3. The molecular weight excluding hydrogens is 624 g/mol. The van der Waals surface area contributed by atoms with Gasteiger partial charge in [0.15, 0.2) is 18.7 Å². The van der Waals surface area contributed by atoms with Crippen LogP contribution in [0.25, 0.3) is 0 Å². The second-order valence-electron chi connectivity index (χ2n) is 12.3. The second kappa shape index (κ2) is 23.0. The van der Waals surface area contributed by atoms with Gasteiger partial charge < -0.3 is 64.2 Å². The zero-order chi connectivity index (χ0) is 34.8. The first-order valence-corrected chi connectivity index (χ1v) is 17.1. The van der Waals surface area contributed by atoms with Gasteiger partial charge in [0.2, 0.25) is 0 Å². The Hall–Kier alpha value is -1.50. The third kappa shape index (κ3) is 14.5. The maximum Gasteiger partial charge on any atom is 0.306 e. The van der Waals surface area contributed by atoms with E-state index >= 15 is 0 Å². The van der Waals surface area contributed by atoms with Crippen molar-refractivity contribution in [3.05, 3.63) is 0 Å². The molecule has 0 aromatic heterocycles. The SMILES string of the molecule is CCCCCCCCCCCCCC(=O)OC(COC(=O)CC)COC1OC(COC2OC(CO)C(O)C(O)C2O)C(O)C(O)C1O. The average Bonchev–Trinajstić information content (AvgIpc) is 3.07. The first-order valence-electron chi connectivity index (χ1n) is 17.1. The van der Waals surface area contributed by atoms with Crippen molar-refractivity contribution < 1.29 is 73.8 Å². The van der Waals surface area contributed by atoms with Crippen LogP contribution in [-0.2, 0) is 38.0 Å². The molecule has 47 heavy (non-hydrogen) atoms. The normalized spacial score (nSPS) is 31.8. The van der Waals surface area contributed by atoms with Crippen LogP contribution < -0.4 is 0 Å². The van der Waals surface area contributed by atoms with E-state index in [1.165, 1.54) is 44.9 Å². The van der Waals surface area contributed by atoms with E-state index in [0.29, 0.717) is 6.42 Å². The predicted octanol–water partition coefficient (Wildman–Crippen LogP) is 0.193. The van der Waals surface area contributed by atoms with E-state index in [1.54, 1.807) is 6.92 Å². The smallest absolute Gasteiger partial charge is 0.306 e. The highest BCUT2D eigenvalue weighted by Gasteiger charge is 2.47. The van der Waals surface area contributed by atoms with Gasteiger partial charge in [-0.1, -0.05) is 78.1 Å². The molecule has 276 valence electrons. The fourth-order valence-electron chi connectivity index (χ4n) is 5.37. The molecule has 2 heterocycles. The third-order valence-electron chi connectivity index (χ3n) is 8.39. The summed E-state index contributed by atoms with van der Waals surface area (Å²) < 4.78 is 32.5. The molecular formula is C32H58O15. The molecule has 7 N–H and O–H groups in total. The molecule has 11 unspecified atom stereocenters. The van der Waals surface area contributed by atoms with Gasteiger partial charge in [0.1, 0.15) is 55.4 Å². The van der Waals surface area contributed by atoms with Gasteiger partial charge in [0.05, 0.1) is 19.8 Å². The van der Waals surface area contributed by atoms with Gasteiger partial charge in [-0.3, -0.25) is 9.59 Å². The molecule has 2 aliphatic rings. The lowest BCUT2D eigenvalue weighted by Gasteiger charge is -2.42. The molecule has 0 spiro atoms. The number of aliphatic hydroxyl groups is 7. The molecule has 11 atom stereocenters. The number of carbonyl (C=O) groups is 2. The Morgan fingerprint density at radius 1 is 0.617 bits per heavy atom. The van der Waals surface area contributed by atoms with Crippen LogP contribution in [0, 0.1) is 0 Å². The summed E-state index contributed by atoms with van der Waals surface area (Å²) in [7, 11) is 0. The number of rotatable bonds is 23. The van der Waals surface area contributed by atoms with Gasteiger partial charge >= 0.3 is 11.9 Å². The first-order chi connectivity index (χ1) is 22.5. The highest BCUT2D eigenvalue weighted by molar-refractivity contribution is 5.70. The summed E-state index contributed by atoms with van der Waals surface area (Å²) in [6, 6.07) is 0. The van der Waals surface area contributed by atoms with Crippen LogP contribution in [0.4, 0.5) is 0 Å². The van der Waals surface area contributed by atoms with Crippen molar-refractivity contribution in [3.8, 4) is 0 Å². The van der Waals surface area contributed by atoms with Crippen LogP contribution in [0.15, 0.2) is 0 Å². The topological polar surface area (TPSA) is 231 Å². The molecule has 15 nitrogen and oxygen atoms in total. The zero-order valence-electron chi connectivity index (χ0n) is 27.8. The van der Waals surface area contributed by atoms with Crippen molar-refractivity contribution >= 4 is 11.9 Å². The molecule has 2 saturated heterocycles. The highest BCUT2D eigenvalue weighted by Crippen LogP contribution is 2.26. The fraction of sp³-hybridized carbons (Fsp3) is 0.938. The second-order valence-corrected chi connectivity index (χ2v) is 12.3. The Morgan fingerprint density at radius 2 is 1.13 bits per heavy atom. The molecule has 2 aliphatic heterocycles. The summed E-state index contributed by atoms with van der Waals surface area (Å²) in [6.07, 6.45) is -4.09. The lowest BCUT2D eigenvalue weighted by Crippen LogP contribution is -2.61. The van der Waals surface area contributed by atoms with Crippen LogP contribution in [0.5, 0.6) is 0 Å². The van der Waals surface area contributed by atoms with E-state index in [0.717, 1.165) is 19.3 Å². The largest absolute Gasteiger partial charge is 0.462 e. The Labute approximate surface area is 277 Å². The summed E-state index contributed by atoms with van der Waals surface area (Å²) in [5, 5.41) is 70.8. The van der Waals surface area contributed by atoms with Crippen molar-refractivity contribution in [2.75, 3.05) is 26.4 Å². The third-order valence-corrected chi connectivity index (χ3v) is 8.39. The fourth-order valence-corrected chi connectivity index (χ4v) is 5.37. The van der Waals surface area contributed by atoms with Crippen LogP contribution in [0.1, 0.15) is 97.3 Å². The monoisotopic (exact) mass is 682 g/mol. The molecule has 0 radical (unpaired) electrons. The number of esters is 2. The Kier molecular flexibility index (Phi) is 20.4. The van der Waals surface area contributed by atoms with E-state index in [4.69, 9.17) is 28.4 Å². The summed E-state index contributed by atoms with van der Waals surface area (Å²) in [6.45, 7) is 1.92. The number of hydrogen-bond donors (Lipinski definition) is 7. The summed E-state index contributed by atoms with van der Waals surface area (Å²) in [5.74, 6) is -1.03. The number of ether oxygens (including phenoxy) is 6. The van der Waals surface area contributed by atoms with Crippen LogP contribution in [-0.4, -0.2) is 142 Å². The quantitative estimate of drug-likeness (QED) is 0.0563. The molecule has 0 saturated carbocycles. The van der Waals surface area contributed by atoms with E-state index in [2.05, 4.69) is 6.92 Å². The van der Waals surface area contributed by atoms with Gasteiger partial charge in [-0.15, -0.1) is 0 Å². The van der Waals surface area contributed by atoms with Gasteiger partial charge in [0.25, 0.3) is 0 Å². The summed E-state index contributed by atoms with van der Waals surface area (Å²) >= 11 is 0. The van der Waals surface area contributed by atoms with Gasteiger partial charge in [0, 0.05) is 12.8 Å². The number of carbonyl (C=O) groups excluding carboxylic acids is 2. The highest BCUT2D eigenvalue weighted by atomic mass is 16.7. The van der Waals surface area contributed by atoms with E-state index in [9.17, 15) is 45.3 Å². The van der Waals surface area contributed by atoms with Crippen molar-refractivity contribution in [2.45, 2.75) is 165 Å². The van der Waals surface area contributed by atoms with Crippen molar-refractivity contribution in [1.82, 2.24) is 0 Å². The van der Waals surface area contributed by atoms with Crippen molar-refractivity contribution in [3.63, 3.8) is 0 Å². The minimum absolute atomic E-state index is 0.102. The van der Waals surface area contributed by atoms with E-state index < -0.39 is 92.7 Å². The van der Waals surface area contributed by atoms with Crippen LogP contribution in [0.2, 0.25) is 0 Å². The number of aliphatic hydroxyl groups excluding tert-OH is 7. The molecule has 15 heteroatoms. The van der Waals surface area contributed by atoms with Gasteiger partial charge in [-0.25, -0.2) is 0 Å². The lowest BCUT2D eigenvalue weighted by molar-refractivity contribution is -0.332. The average molecular weight is 683 g/mol. The Bertz CT molecular complexity index is 860. The minimum atomic E-state index is -1.75. The molecule has 2 fully saturated rings. The lowest BCUT2D eigenvalue weighted by atomic mass is 9.98. The number of unbranched alkanes of at least 4 members (excludes halogenated alkanes) is 10. The van der Waals surface area contributed by atoms with E-state index in [1.807, 2.05) is 0 Å². The van der Waals surface area contributed by atoms with Crippen LogP contribution in [0.3, 0.4) is 0 Å². The molecule has 0 bridgehead atoms. The van der Waals surface area contributed by atoms with Crippen molar-refractivity contribution in [1.29, 1.82) is 0 Å². The van der Waals surface area contributed by atoms with Gasteiger partial charge in [-0.05, 0) is 6.42 Å². The maximum absolute atomic E-state index is 12.6. The minimum Gasteiger partial charge on any atom is -0.462 e. The van der Waals surface area contributed by atoms with Gasteiger partial charge in [-0.2, -0.15) is 0 Å². The molecule has 0 aromatic carbocycles.